The van der Waals surface area contributed by atoms with Gasteiger partial charge in [0.25, 0.3) is 5.91 Å². The van der Waals surface area contributed by atoms with Gasteiger partial charge in [0, 0.05) is 37.4 Å². The number of amides is 2. The van der Waals surface area contributed by atoms with Crippen molar-refractivity contribution in [3.05, 3.63) is 59.2 Å². The zero-order valence-corrected chi connectivity index (χ0v) is 18.4. The van der Waals surface area contributed by atoms with E-state index in [2.05, 4.69) is 5.32 Å². The highest BCUT2D eigenvalue weighted by Crippen LogP contribution is 2.27. The normalized spacial score (nSPS) is 16.3. The van der Waals surface area contributed by atoms with E-state index in [1.165, 1.54) is 9.87 Å². The highest BCUT2D eigenvalue weighted by molar-refractivity contribution is 7.89. The van der Waals surface area contributed by atoms with E-state index in [4.69, 9.17) is 5.26 Å². The van der Waals surface area contributed by atoms with Gasteiger partial charge in [-0.2, -0.15) is 9.57 Å². The number of nitrogens with zero attached hydrogens (tertiary/aromatic N) is 3. The molecule has 1 aliphatic heterocycles. The first-order valence-electron chi connectivity index (χ1n) is 10.6. The summed E-state index contributed by atoms with van der Waals surface area (Å²) in [5.74, 6) is -0.596. The molecule has 0 spiro atoms. The molecule has 2 aromatic rings. The van der Waals surface area contributed by atoms with E-state index in [0.717, 1.165) is 24.8 Å². The highest BCUT2D eigenvalue weighted by Gasteiger charge is 2.31. The second-order valence-electron chi connectivity index (χ2n) is 7.94. The number of benzene rings is 2. The summed E-state index contributed by atoms with van der Waals surface area (Å²) in [6, 6.07) is 13.6. The molecule has 0 radical (unpaired) electrons. The van der Waals surface area contributed by atoms with Crippen LogP contribution < -0.4 is 5.32 Å². The number of nitrogens with one attached hydrogen (secondary N) is 1. The Hall–Kier alpha value is -3.22. The Morgan fingerprint density at radius 2 is 1.66 bits per heavy atom. The van der Waals surface area contributed by atoms with Crippen LogP contribution in [0.1, 0.15) is 34.3 Å². The topological polar surface area (TPSA) is 111 Å². The predicted octanol–water partition coefficient (Wildman–Crippen LogP) is 2.17. The largest absolute Gasteiger partial charge is 0.336 e. The van der Waals surface area contributed by atoms with Crippen molar-refractivity contribution in [1.82, 2.24) is 9.21 Å². The van der Waals surface area contributed by atoms with Gasteiger partial charge in [-0.1, -0.05) is 6.07 Å². The number of aryl methyl sites for hydroxylation is 2. The second-order valence-corrected chi connectivity index (χ2v) is 9.88. The predicted molar refractivity (Wildman–Crippen MR) is 118 cm³/mol. The Bertz CT molecular complexity index is 1180. The summed E-state index contributed by atoms with van der Waals surface area (Å²) in [4.78, 5) is 26.3. The molecule has 1 saturated heterocycles. The van der Waals surface area contributed by atoms with Gasteiger partial charge in [0.2, 0.25) is 15.9 Å². The van der Waals surface area contributed by atoms with Gasteiger partial charge in [-0.05, 0) is 66.8 Å². The molecule has 1 fully saturated rings. The van der Waals surface area contributed by atoms with Crippen molar-refractivity contribution in [3.8, 4) is 6.07 Å². The maximum atomic E-state index is 13.1. The van der Waals surface area contributed by atoms with Gasteiger partial charge >= 0.3 is 0 Å². The highest BCUT2D eigenvalue weighted by atomic mass is 32.2. The van der Waals surface area contributed by atoms with Crippen molar-refractivity contribution in [3.63, 3.8) is 0 Å². The quantitative estimate of drug-likeness (QED) is 0.748. The number of fused-ring (bicyclic) bond motifs is 1. The summed E-state index contributed by atoms with van der Waals surface area (Å²) in [5.41, 5.74) is 3.31. The van der Waals surface area contributed by atoms with Crippen molar-refractivity contribution >= 4 is 27.5 Å². The number of anilines is 1. The summed E-state index contributed by atoms with van der Waals surface area (Å²) in [6.45, 7) is 1.11. The van der Waals surface area contributed by atoms with Gasteiger partial charge < -0.3 is 10.2 Å². The Morgan fingerprint density at radius 3 is 2.34 bits per heavy atom. The van der Waals surface area contributed by atoms with Gasteiger partial charge in [0.15, 0.2) is 0 Å². The van der Waals surface area contributed by atoms with Gasteiger partial charge in [0.05, 0.1) is 11.0 Å². The molecular weight excluding hydrogens is 428 g/mol. The Labute approximate surface area is 187 Å². The van der Waals surface area contributed by atoms with Crippen molar-refractivity contribution < 1.29 is 18.0 Å². The molecular formula is C23H24N4O4S. The lowest BCUT2D eigenvalue weighted by Gasteiger charge is -2.34. The minimum absolute atomic E-state index is 0.186. The van der Waals surface area contributed by atoms with Crippen molar-refractivity contribution in [2.24, 2.45) is 0 Å². The van der Waals surface area contributed by atoms with Crippen LogP contribution in [0, 0.1) is 11.3 Å². The summed E-state index contributed by atoms with van der Waals surface area (Å²) < 4.78 is 27.6. The summed E-state index contributed by atoms with van der Waals surface area (Å²) in [5, 5.41) is 11.1. The first-order chi connectivity index (χ1) is 15.4. The van der Waals surface area contributed by atoms with E-state index in [1.54, 1.807) is 47.4 Å². The monoisotopic (exact) mass is 452 g/mol. The smallest absolute Gasteiger partial charge is 0.253 e. The molecule has 0 atom stereocenters. The van der Waals surface area contributed by atoms with Crippen LogP contribution in [-0.4, -0.2) is 55.6 Å². The third-order valence-electron chi connectivity index (χ3n) is 5.89. The van der Waals surface area contributed by atoms with E-state index in [9.17, 15) is 18.0 Å². The van der Waals surface area contributed by atoms with Gasteiger partial charge in [-0.15, -0.1) is 0 Å². The minimum Gasteiger partial charge on any atom is -0.336 e. The van der Waals surface area contributed by atoms with E-state index in [-0.39, 0.29) is 25.4 Å². The Balaban J connectivity index is 1.37. The van der Waals surface area contributed by atoms with E-state index < -0.39 is 15.9 Å². The number of hydrogen-bond acceptors (Lipinski definition) is 5. The van der Waals surface area contributed by atoms with Crippen molar-refractivity contribution in [2.75, 3.05) is 31.5 Å². The van der Waals surface area contributed by atoms with Crippen LogP contribution >= 0.6 is 0 Å². The summed E-state index contributed by atoms with van der Waals surface area (Å²) >= 11 is 0. The molecule has 1 aliphatic carbocycles. The molecule has 0 aromatic heterocycles. The average Bonchev–Trinajstić information content (AvgIpc) is 3.27. The first kappa shape index (κ1) is 22.0. The van der Waals surface area contributed by atoms with Crippen LogP contribution in [0.2, 0.25) is 0 Å². The molecule has 8 nitrogen and oxygen atoms in total. The molecule has 9 heteroatoms. The van der Waals surface area contributed by atoms with E-state index in [1.807, 2.05) is 6.07 Å². The fourth-order valence-corrected chi connectivity index (χ4v) is 5.62. The third kappa shape index (κ3) is 4.52. The molecule has 32 heavy (non-hydrogen) atoms. The van der Waals surface area contributed by atoms with E-state index >= 15 is 0 Å². The summed E-state index contributed by atoms with van der Waals surface area (Å²) in [7, 11) is -3.59. The van der Waals surface area contributed by atoms with Gasteiger partial charge in [-0.25, -0.2) is 8.42 Å². The lowest BCUT2D eigenvalue weighted by Crippen LogP contribution is -2.50. The number of hydrogen-bond donors (Lipinski definition) is 1. The molecule has 166 valence electrons. The fraction of sp³-hybridized carbons (Fsp3) is 0.348. The maximum absolute atomic E-state index is 13.1. The summed E-state index contributed by atoms with van der Waals surface area (Å²) in [6.07, 6.45) is 2.75. The lowest BCUT2D eigenvalue weighted by atomic mass is 10.1. The zero-order chi connectivity index (χ0) is 22.7. The molecule has 0 bridgehead atoms. The van der Waals surface area contributed by atoms with Gasteiger partial charge in [-0.3, -0.25) is 9.59 Å². The van der Waals surface area contributed by atoms with Crippen LogP contribution in [0.5, 0.6) is 0 Å². The van der Waals surface area contributed by atoms with Gasteiger partial charge in [0.1, 0.15) is 6.42 Å². The lowest BCUT2D eigenvalue weighted by molar-refractivity contribution is -0.115. The van der Waals surface area contributed by atoms with Crippen molar-refractivity contribution in [2.45, 2.75) is 30.6 Å². The number of carbonyl (C=O) groups excluding carboxylic acids is 2. The number of carbonyl (C=O) groups is 2. The molecule has 2 aromatic carbocycles. The molecule has 1 N–H and O–H groups in total. The minimum atomic E-state index is -3.59. The fourth-order valence-electron chi connectivity index (χ4n) is 4.14. The molecule has 0 unspecified atom stereocenters. The number of rotatable bonds is 5. The van der Waals surface area contributed by atoms with Crippen LogP contribution in [0.3, 0.4) is 0 Å². The molecule has 2 amide bonds. The Kier molecular flexibility index (Phi) is 6.26. The third-order valence-corrected chi connectivity index (χ3v) is 7.78. The zero-order valence-electron chi connectivity index (χ0n) is 17.6. The molecule has 1 heterocycles. The average molecular weight is 453 g/mol. The number of nitriles is 1. The van der Waals surface area contributed by atoms with Crippen LogP contribution in [-0.2, 0) is 27.7 Å². The van der Waals surface area contributed by atoms with Crippen LogP contribution in [0.25, 0.3) is 0 Å². The van der Waals surface area contributed by atoms with Crippen LogP contribution in [0.4, 0.5) is 5.69 Å². The molecule has 4 rings (SSSR count). The molecule has 0 saturated carbocycles. The maximum Gasteiger partial charge on any atom is 0.253 e. The number of piperazine rings is 1. The number of sulfonamides is 1. The van der Waals surface area contributed by atoms with Crippen LogP contribution in [0.15, 0.2) is 47.4 Å². The molecule has 2 aliphatic rings. The first-order valence-corrected chi connectivity index (χ1v) is 12.0. The standard InChI is InChI=1S/C23H24N4O4S/c24-11-10-22(28)25-20-7-4-18(5-8-20)23(29)26-12-14-27(15-13-26)32(30,31)21-9-6-17-2-1-3-19(17)16-21/h4-9,16H,1-3,10,12-15H2,(H,25,28). The SMILES string of the molecule is N#CCC(=O)Nc1ccc(C(=O)N2CCN(S(=O)(=O)c3ccc4c(c3)CCC4)CC2)cc1. The van der Waals surface area contributed by atoms with Crippen molar-refractivity contribution in [1.29, 1.82) is 5.26 Å². The second kappa shape index (κ2) is 9.10. The Morgan fingerprint density at radius 1 is 0.969 bits per heavy atom. The van der Waals surface area contributed by atoms with E-state index in [0.29, 0.717) is 29.2 Å².